The number of nitrogens with one attached hydrogen (secondary N) is 5. The molecule has 5 aliphatic rings. The van der Waals surface area contributed by atoms with Gasteiger partial charge < -0.3 is 10.3 Å². The minimum atomic E-state index is -1.10. The lowest BCUT2D eigenvalue weighted by Gasteiger charge is -2.48. The molecule has 1 atom stereocenters. The molecule has 186 valence electrons. The Balaban J connectivity index is 1.51. The monoisotopic (exact) mass is 485 g/mol. The highest BCUT2D eigenvalue weighted by molar-refractivity contribution is 5.56. The number of nitrogens with zero attached hydrogens (tertiary/aromatic N) is 14. The highest BCUT2D eigenvalue weighted by Crippen LogP contribution is 2.47. The van der Waals surface area contributed by atoms with Crippen molar-refractivity contribution in [1.29, 1.82) is 0 Å². The molecule has 1 unspecified atom stereocenters. The van der Waals surface area contributed by atoms with Crippen molar-refractivity contribution in [3.05, 3.63) is 24.4 Å². The molecular weight excluding hydrogens is 458 g/mol. The molecule has 0 amide bonds. The SMILES string of the molecule is C1=NCCN1N1N(N2CCNC2)N(c2cn[nH]n2)N(N2CCN=N2)C1(c1ncc[nH]1)N1CCNN1. The quantitative estimate of drug-likeness (QED) is 0.277. The van der Waals surface area contributed by atoms with Gasteiger partial charge in [0.15, 0.2) is 5.82 Å². The van der Waals surface area contributed by atoms with Crippen LogP contribution in [0, 0.1) is 0 Å². The van der Waals surface area contributed by atoms with Crippen LogP contribution in [0.1, 0.15) is 5.82 Å². The van der Waals surface area contributed by atoms with E-state index in [4.69, 9.17) is 4.98 Å². The van der Waals surface area contributed by atoms with E-state index in [1.54, 1.807) is 12.4 Å². The van der Waals surface area contributed by atoms with Gasteiger partial charge >= 0.3 is 0 Å². The zero-order valence-electron chi connectivity index (χ0n) is 18.9. The molecule has 2 aromatic heterocycles. The van der Waals surface area contributed by atoms with Crippen molar-refractivity contribution in [2.24, 2.45) is 15.3 Å². The standard InChI is InChI=1S/C16H27N19/c1-2-20-15(19-1)16(30-9-5-21-26-30)33(28-7-3-17-12-28)35(29-8-4-18-13-29)32(14-11-23-25-24-14)34(16)31-10-6-22-27-31/h1-2,11-12,18,21,26H,3-10,13H2,(H,19,20)(H,23,24,25). The van der Waals surface area contributed by atoms with E-state index in [1.807, 2.05) is 33.1 Å². The summed E-state index contributed by atoms with van der Waals surface area (Å²) >= 11 is 0. The largest absolute Gasteiger partial charge is 0.344 e. The molecule has 19 nitrogen and oxygen atoms in total. The Morgan fingerprint density at radius 1 is 1.03 bits per heavy atom. The van der Waals surface area contributed by atoms with Crippen molar-refractivity contribution in [1.82, 2.24) is 77.3 Å². The number of hydrazine groups is 8. The fraction of sp³-hybridized carbons (Fsp3) is 0.625. The highest BCUT2D eigenvalue weighted by Gasteiger charge is 2.70. The molecule has 3 fully saturated rings. The van der Waals surface area contributed by atoms with Gasteiger partial charge in [0.2, 0.25) is 5.82 Å². The van der Waals surface area contributed by atoms with E-state index in [0.29, 0.717) is 51.0 Å². The second kappa shape index (κ2) is 8.42. The number of aromatic amines is 2. The third-order valence-electron chi connectivity index (χ3n) is 6.35. The third kappa shape index (κ3) is 3.07. The van der Waals surface area contributed by atoms with Crippen LogP contribution in [0.15, 0.2) is 33.9 Å². The fourth-order valence-corrected chi connectivity index (χ4v) is 4.94. The summed E-state index contributed by atoms with van der Waals surface area (Å²) in [7, 11) is 0. The van der Waals surface area contributed by atoms with E-state index in [-0.39, 0.29) is 0 Å². The van der Waals surface area contributed by atoms with Crippen molar-refractivity contribution in [2.75, 3.05) is 64.1 Å². The molecule has 0 bridgehead atoms. The maximum absolute atomic E-state index is 4.79. The van der Waals surface area contributed by atoms with E-state index in [9.17, 15) is 0 Å². The van der Waals surface area contributed by atoms with Crippen molar-refractivity contribution in [3.63, 3.8) is 0 Å². The lowest BCUT2D eigenvalue weighted by atomic mass is 10.3. The van der Waals surface area contributed by atoms with Crippen LogP contribution in [0.3, 0.4) is 0 Å². The number of hydrogen-bond acceptors (Lipinski definition) is 17. The molecule has 0 saturated carbocycles. The van der Waals surface area contributed by atoms with Gasteiger partial charge in [-0.2, -0.15) is 41.2 Å². The molecule has 0 aromatic carbocycles. The van der Waals surface area contributed by atoms with Crippen LogP contribution in [0.5, 0.6) is 0 Å². The molecule has 2 aromatic rings. The Labute approximate surface area is 199 Å². The summed E-state index contributed by atoms with van der Waals surface area (Å²) in [6.07, 6.45) is 7.11. The number of H-pyrrole nitrogens is 2. The number of aliphatic imine (C=N–C) groups is 1. The second-order valence-electron chi connectivity index (χ2n) is 8.35. The van der Waals surface area contributed by atoms with Crippen molar-refractivity contribution >= 4 is 12.2 Å². The highest BCUT2D eigenvalue weighted by atomic mass is 16.3. The van der Waals surface area contributed by atoms with Gasteiger partial charge in [0.1, 0.15) is 6.34 Å². The summed E-state index contributed by atoms with van der Waals surface area (Å²) in [5.74, 6) is 0.133. The Bertz CT molecular complexity index is 1040. The van der Waals surface area contributed by atoms with Crippen LogP contribution in [-0.4, -0.2) is 126 Å². The topological polar surface area (TPSA) is 169 Å². The van der Waals surface area contributed by atoms with Crippen LogP contribution in [0.4, 0.5) is 5.82 Å². The number of anilines is 1. The molecule has 35 heavy (non-hydrogen) atoms. The fourth-order valence-electron chi connectivity index (χ4n) is 4.94. The van der Waals surface area contributed by atoms with Crippen LogP contribution in [-0.2, 0) is 5.79 Å². The van der Waals surface area contributed by atoms with Crippen LogP contribution in [0.25, 0.3) is 0 Å². The van der Waals surface area contributed by atoms with E-state index in [1.165, 1.54) is 0 Å². The van der Waals surface area contributed by atoms with Gasteiger partial charge in [-0.1, -0.05) is 10.3 Å². The number of hydrogen-bond donors (Lipinski definition) is 5. The number of imidazole rings is 1. The summed E-state index contributed by atoms with van der Waals surface area (Å²) < 4.78 is 0. The molecule has 7 heterocycles. The maximum Gasteiger partial charge on any atom is 0.277 e. The molecule has 0 aliphatic carbocycles. The molecule has 19 heteroatoms. The number of aromatic nitrogens is 5. The summed E-state index contributed by atoms with van der Waals surface area (Å²) in [6.45, 7) is 6.14. The van der Waals surface area contributed by atoms with Gasteiger partial charge in [0.25, 0.3) is 5.79 Å². The van der Waals surface area contributed by atoms with Gasteiger partial charge in [0.05, 0.1) is 39.0 Å². The lowest BCUT2D eigenvalue weighted by Crippen LogP contribution is -2.72. The second-order valence-corrected chi connectivity index (χ2v) is 8.35. The molecule has 5 aliphatic heterocycles. The normalized spacial score (nSPS) is 29.2. The van der Waals surface area contributed by atoms with Gasteiger partial charge in [-0.15, -0.1) is 5.10 Å². The lowest BCUT2D eigenvalue weighted by molar-refractivity contribution is -0.322. The predicted molar refractivity (Wildman–Crippen MR) is 119 cm³/mol. The van der Waals surface area contributed by atoms with E-state index >= 15 is 0 Å². The smallest absolute Gasteiger partial charge is 0.277 e. The predicted octanol–water partition coefficient (Wildman–Crippen LogP) is -3.23. The van der Waals surface area contributed by atoms with Gasteiger partial charge in [-0.05, 0) is 10.3 Å². The first-order valence-corrected chi connectivity index (χ1v) is 11.6. The summed E-state index contributed by atoms with van der Waals surface area (Å²) in [6, 6.07) is 0. The average Bonchev–Trinajstić information content (AvgIpc) is 3.71. The van der Waals surface area contributed by atoms with E-state index < -0.39 is 5.79 Å². The maximum atomic E-state index is 4.79. The molecular formula is C16H27N19. The Morgan fingerprint density at radius 3 is 2.69 bits per heavy atom. The van der Waals surface area contributed by atoms with Crippen LogP contribution in [0.2, 0.25) is 0 Å². The number of rotatable bonds is 6. The van der Waals surface area contributed by atoms with Gasteiger partial charge in [-0.3, -0.25) is 10.0 Å². The Morgan fingerprint density at radius 2 is 2.03 bits per heavy atom. The Hall–Kier alpha value is -3.30. The van der Waals surface area contributed by atoms with Crippen LogP contribution < -0.4 is 21.4 Å². The first-order chi connectivity index (χ1) is 17.4. The average molecular weight is 486 g/mol. The van der Waals surface area contributed by atoms with Crippen molar-refractivity contribution < 1.29 is 0 Å². The molecule has 5 N–H and O–H groups in total. The van der Waals surface area contributed by atoms with E-state index in [0.717, 1.165) is 19.6 Å². The molecule has 3 saturated heterocycles. The molecule has 0 radical (unpaired) electrons. The minimum absolute atomic E-state index is 0.569. The van der Waals surface area contributed by atoms with E-state index in [2.05, 4.69) is 72.1 Å². The summed E-state index contributed by atoms with van der Waals surface area (Å²) in [4.78, 5) is 12.7. The Kier molecular flexibility index (Phi) is 5.06. The third-order valence-corrected chi connectivity index (χ3v) is 6.35. The molecule has 7 rings (SSSR count). The summed E-state index contributed by atoms with van der Waals surface area (Å²) in [5, 5.41) is 39.9. The minimum Gasteiger partial charge on any atom is -0.344 e. The van der Waals surface area contributed by atoms with Crippen molar-refractivity contribution in [3.8, 4) is 0 Å². The molecule has 0 spiro atoms. The summed E-state index contributed by atoms with van der Waals surface area (Å²) in [5.41, 5.74) is 6.60. The zero-order valence-corrected chi connectivity index (χ0v) is 18.9. The van der Waals surface area contributed by atoms with Crippen LogP contribution >= 0.6 is 0 Å². The van der Waals surface area contributed by atoms with Gasteiger partial charge in [-0.25, -0.2) is 10.4 Å². The van der Waals surface area contributed by atoms with Crippen molar-refractivity contribution in [2.45, 2.75) is 5.79 Å². The first-order valence-electron chi connectivity index (χ1n) is 11.6. The van der Waals surface area contributed by atoms with Gasteiger partial charge in [0, 0.05) is 38.6 Å². The first kappa shape index (κ1) is 21.0. The zero-order chi connectivity index (χ0) is 23.2.